The van der Waals surface area contributed by atoms with Crippen molar-refractivity contribution in [2.75, 3.05) is 61.6 Å². The first-order valence-corrected chi connectivity index (χ1v) is 11.6. The van der Waals surface area contributed by atoms with Crippen molar-refractivity contribution in [3.63, 3.8) is 0 Å². The zero-order valence-electron chi connectivity index (χ0n) is 19.7. The van der Waals surface area contributed by atoms with Crippen LogP contribution in [0.5, 0.6) is 11.5 Å². The Kier molecular flexibility index (Phi) is 6.19. The molecule has 1 saturated heterocycles. The van der Waals surface area contributed by atoms with Crippen molar-refractivity contribution in [2.45, 2.75) is 19.9 Å². The number of fused-ring (bicyclic) bond motifs is 1. The maximum atomic E-state index is 14.8. The molecule has 3 heterocycles. The summed E-state index contributed by atoms with van der Waals surface area (Å²) in [5.74, 6) is 1.14. The van der Waals surface area contributed by atoms with E-state index in [-0.39, 0.29) is 6.04 Å². The van der Waals surface area contributed by atoms with Gasteiger partial charge in [-0.2, -0.15) is 0 Å². The van der Waals surface area contributed by atoms with Crippen LogP contribution in [0.25, 0.3) is 11.3 Å². The van der Waals surface area contributed by atoms with Crippen LogP contribution < -0.4 is 29.9 Å². The molecule has 0 bridgehead atoms. The summed E-state index contributed by atoms with van der Waals surface area (Å²) in [4.78, 5) is 8.78. The fourth-order valence-electron chi connectivity index (χ4n) is 4.49. The number of oxazole rings is 1. The predicted molar refractivity (Wildman–Crippen MR) is 131 cm³/mol. The second kappa shape index (κ2) is 9.42. The van der Waals surface area contributed by atoms with E-state index in [1.165, 1.54) is 6.07 Å². The van der Waals surface area contributed by atoms with Crippen molar-refractivity contribution in [1.29, 1.82) is 0 Å². The van der Waals surface area contributed by atoms with E-state index < -0.39 is 5.82 Å². The first kappa shape index (κ1) is 22.3. The van der Waals surface area contributed by atoms with Gasteiger partial charge in [0.25, 0.3) is 6.01 Å². The summed E-state index contributed by atoms with van der Waals surface area (Å²) in [6.45, 7) is 9.11. The minimum atomic E-state index is -0.406. The molecular formula is C25H30FN5O3. The van der Waals surface area contributed by atoms with Gasteiger partial charge >= 0.3 is 0 Å². The molecule has 8 nitrogen and oxygen atoms in total. The number of anilines is 4. The molecule has 0 spiro atoms. The van der Waals surface area contributed by atoms with Gasteiger partial charge in [0.1, 0.15) is 12.4 Å². The second-order valence-corrected chi connectivity index (χ2v) is 8.72. The molecule has 1 aromatic heterocycles. The van der Waals surface area contributed by atoms with Crippen LogP contribution in [0.3, 0.4) is 0 Å². The molecule has 9 heteroatoms. The van der Waals surface area contributed by atoms with Gasteiger partial charge in [-0.15, -0.1) is 0 Å². The van der Waals surface area contributed by atoms with Crippen LogP contribution in [-0.2, 0) is 0 Å². The summed E-state index contributed by atoms with van der Waals surface area (Å²) in [5.41, 5.74) is 3.19. The second-order valence-electron chi connectivity index (χ2n) is 8.72. The Morgan fingerprint density at radius 1 is 1.12 bits per heavy atom. The number of nitrogens with zero attached hydrogens (tertiary/aromatic N) is 3. The van der Waals surface area contributed by atoms with E-state index in [9.17, 15) is 4.39 Å². The summed E-state index contributed by atoms with van der Waals surface area (Å²) in [6, 6.07) is 9.81. The number of halogens is 1. The standard InChI is InChI=1S/C25H30FN5O3/c1-16(2)31-10-11-33-24-19(26)12-17(13-21(24)31)23-15-28-25(34-23)29-18-4-5-20(22(14-18)32-3)30-8-6-27-7-9-30/h4-5,12-16,27H,6-11H2,1-3H3,(H,28,29). The summed E-state index contributed by atoms with van der Waals surface area (Å²) in [5, 5.41) is 6.55. The van der Waals surface area contributed by atoms with Crippen molar-refractivity contribution in [3.05, 3.63) is 42.3 Å². The lowest BCUT2D eigenvalue weighted by atomic mass is 10.1. The molecule has 1 fully saturated rings. The molecular weight excluding hydrogens is 437 g/mol. The van der Waals surface area contributed by atoms with Crippen LogP contribution in [0.4, 0.5) is 27.5 Å². The van der Waals surface area contributed by atoms with Gasteiger partial charge in [0.05, 0.1) is 31.2 Å². The third-order valence-corrected chi connectivity index (χ3v) is 6.21. The van der Waals surface area contributed by atoms with E-state index in [4.69, 9.17) is 13.9 Å². The number of hydrogen-bond acceptors (Lipinski definition) is 8. The normalized spacial score (nSPS) is 15.8. The van der Waals surface area contributed by atoms with Gasteiger partial charge in [-0.1, -0.05) is 0 Å². The molecule has 34 heavy (non-hydrogen) atoms. The lowest BCUT2D eigenvalue weighted by Crippen LogP contribution is -2.43. The fraction of sp³-hybridized carbons (Fsp3) is 0.400. The summed E-state index contributed by atoms with van der Waals surface area (Å²) in [7, 11) is 1.67. The largest absolute Gasteiger partial charge is 0.495 e. The number of hydrogen-bond donors (Lipinski definition) is 2. The molecule has 2 aromatic carbocycles. The maximum absolute atomic E-state index is 14.8. The van der Waals surface area contributed by atoms with Gasteiger partial charge in [0, 0.05) is 49.5 Å². The molecule has 0 unspecified atom stereocenters. The molecule has 0 atom stereocenters. The van der Waals surface area contributed by atoms with Crippen LogP contribution in [0.2, 0.25) is 0 Å². The topological polar surface area (TPSA) is 75.0 Å². The van der Waals surface area contributed by atoms with Crippen molar-refractivity contribution >= 4 is 23.1 Å². The Bertz CT molecular complexity index is 1160. The summed E-state index contributed by atoms with van der Waals surface area (Å²) in [6.07, 6.45) is 1.60. The number of ether oxygens (including phenoxy) is 2. The van der Waals surface area contributed by atoms with Crippen LogP contribution >= 0.6 is 0 Å². The monoisotopic (exact) mass is 467 g/mol. The molecule has 0 aliphatic carbocycles. The highest BCUT2D eigenvalue weighted by Gasteiger charge is 2.25. The minimum absolute atomic E-state index is 0.225. The van der Waals surface area contributed by atoms with E-state index in [1.807, 2.05) is 24.3 Å². The van der Waals surface area contributed by atoms with Gasteiger partial charge in [-0.3, -0.25) is 0 Å². The number of nitrogens with one attached hydrogen (secondary N) is 2. The Morgan fingerprint density at radius 3 is 2.71 bits per heavy atom. The highest BCUT2D eigenvalue weighted by atomic mass is 19.1. The molecule has 0 saturated carbocycles. The fourth-order valence-corrected chi connectivity index (χ4v) is 4.49. The highest BCUT2D eigenvalue weighted by Crippen LogP contribution is 2.40. The highest BCUT2D eigenvalue weighted by molar-refractivity contribution is 5.72. The third kappa shape index (κ3) is 4.35. The smallest absolute Gasteiger partial charge is 0.299 e. The van der Waals surface area contributed by atoms with E-state index in [2.05, 4.69) is 39.3 Å². The molecule has 0 amide bonds. The Morgan fingerprint density at radius 2 is 1.94 bits per heavy atom. The maximum Gasteiger partial charge on any atom is 0.299 e. The third-order valence-electron chi connectivity index (χ3n) is 6.21. The van der Waals surface area contributed by atoms with Gasteiger partial charge in [0.2, 0.25) is 0 Å². The van der Waals surface area contributed by atoms with Gasteiger partial charge in [-0.05, 0) is 38.1 Å². The van der Waals surface area contributed by atoms with Crippen LogP contribution in [0.15, 0.2) is 40.9 Å². The lowest BCUT2D eigenvalue weighted by Gasteiger charge is -2.34. The first-order valence-electron chi connectivity index (χ1n) is 11.6. The molecule has 2 N–H and O–H groups in total. The Hall–Kier alpha value is -3.46. The van der Waals surface area contributed by atoms with Crippen LogP contribution in [0.1, 0.15) is 13.8 Å². The quantitative estimate of drug-likeness (QED) is 0.557. The SMILES string of the molecule is COc1cc(Nc2ncc(-c3cc(F)c4c(c3)N(C(C)C)CCO4)o2)ccc1N1CCNCC1. The zero-order chi connectivity index (χ0) is 23.7. The van der Waals surface area contributed by atoms with Gasteiger partial charge in [-0.25, -0.2) is 9.37 Å². The number of aromatic nitrogens is 1. The molecule has 2 aliphatic rings. The van der Waals surface area contributed by atoms with Crippen molar-refractivity contribution < 1.29 is 18.3 Å². The molecule has 5 rings (SSSR count). The zero-order valence-corrected chi connectivity index (χ0v) is 19.7. The number of piperazine rings is 1. The minimum Gasteiger partial charge on any atom is -0.495 e. The number of rotatable bonds is 6. The predicted octanol–water partition coefficient (Wildman–Crippen LogP) is 4.25. The lowest BCUT2D eigenvalue weighted by molar-refractivity contribution is 0.287. The van der Waals surface area contributed by atoms with Crippen molar-refractivity contribution in [1.82, 2.24) is 10.3 Å². The summed E-state index contributed by atoms with van der Waals surface area (Å²) < 4.78 is 32.0. The van der Waals surface area contributed by atoms with E-state index in [0.717, 1.165) is 49.0 Å². The van der Waals surface area contributed by atoms with Crippen LogP contribution in [-0.4, -0.2) is 57.5 Å². The van der Waals surface area contributed by atoms with E-state index in [0.29, 0.717) is 36.2 Å². The van der Waals surface area contributed by atoms with Gasteiger partial charge in [0.15, 0.2) is 17.3 Å². The average molecular weight is 468 g/mol. The Labute approximate surface area is 198 Å². The average Bonchev–Trinajstić information content (AvgIpc) is 3.32. The van der Waals surface area contributed by atoms with E-state index >= 15 is 0 Å². The van der Waals surface area contributed by atoms with Crippen molar-refractivity contribution in [2.24, 2.45) is 0 Å². The molecule has 2 aliphatic heterocycles. The Balaban J connectivity index is 1.38. The molecule has 0 radical (unpaired) electrons. The number of benzene rings is 2. The number of methoxy groups -OCH3 is 1. The van der Waals surface area contributed by atoms with Crippen LogP contribution in [0, 0.1) is 5.82 Å². The molecule has 3 aromatic rings. The van der Waals surface area contributed by atoms with Gasteiger partial charge < -0.3 is 34.3 Å². The summed E-state index contributed by atoms with van der Waals surface area (Å²) >= 11 is 0. The first-order chi connectivity index (χ1) is 16.5. The van der Waals surface area contributed by atoms with E-state index in [1.54, 1.807) is 13.3 Å². The molecule has 180 valence electrons. The van der Waals surface area contributed by atoms with Crippen molar-refractivity contribution in [3.8, 4) is 22.8 Å².